The van der Waals surface area contributed by atoms with Gasteiger partial charge in [-0.1, -0.05) is 49.1 Å². The zero-order valence-electron chi connectivity index (χ0n) is 14.4. The summed E-state index contributed by atoms with van der Waals surface area (Å²) in [6, 6.07) is 6.72. The lowest BCUT2D eigenvalue weighted by atomic mass is 10.2. The average Bonchev–Trinajstić information content (AvgIpc) is 2.99. The molecule has 1 aromatic heterocycles. The molecular weight excluding hydrogens is 396 g/mol. The summed E-state index contributed by atoms with van der Waals surface area (Å²) in [5.41, 5.74) is 0.422. The van der Waals surface area contributed by atoms with Crippen molar-refractivity contribution in [1.29, 1.82) is 0 Å². The number of nitrogens with zero attached hydrogens (tertiary/aromatic N) is 3. The van der Waals surface area contributed by atoms with E-state index in [9.17, 15) is 13.2 Å². The van der Waals surface area contributed by atoms with Crippen molar-refractivity contribution in [1.82, 2.24) is 10.2 Å². The van der Waals surface area contributed by atoms with Crippen LogP contribution in [0, 0.1) is 0 Å². The molecule has 11 heteroatoms. The molecule has 140 valence electrons. The van der Waals surface area contributed by atoms with Gasteiger partial charge in [0.2, 0.25) is 15.2 Å². The standard InChI is InChI=1S/C15H18N4O4S3/c1-9(2)24-15-18-17-14(25-15)16-13(20)12-8-19(26(3,21)22)10-6-4-5-7-11(10)23-12/h4-7,9,12H,8H2,1-3H3,(H,16,17,20)/t12-/m0/s1. The van der Waals surface area contributed by atoms with Crippen molar-refractivity contribution in [2.45, 2.75) is 29.5 Å². The first-order chi connectivity index (χ1) is 12.2. The Morgan fingerprint density at radius 3 is 2.81 bits per heavy atom. The number of benzene rings is 1. The van der Waals surface area contributed by atoms with E-state index in [4.69, 9.17) is 4.74 Å². The molecule has 1 N–H and O–H groups in total. The van der Waals surface area contributed by atoms with E-state index >= 15 is 0 Å². The van der Waals surface area contributed by atoms with Gasteiger partial charge in [-0.2, -0.15) is 0 Å². The molecule has 26 heavy (non-hydrogen) atoms. The second-order valence-corrected chi connectivity index (χ2v) is 10.6. The van der Waals surface area contributed by atoms with Crippen molar-refractivity contribution in [3.63, 3.8) is 0 Å². The van der Waals surface area contributed by atoms with Gasteiger partial charge in [-0.05, 0) is 12.1 Å². The largest absolute Gasteiger partial charge is 0.476 e. The van der Waals surface area contributed by atoms with Crippen LogP contribution in [0.25, 0.3) is 0 Å². The van der Waals surface area contributed by atoms with Crippen molar-refractivity contribution < 1.29 is 17.9 Å². The second kappa shape index (κ2) is 7.41. The van der Waals surface area contributed by atoms with Crippen LogP contribution in [-0.2, 0) is 14.8 Å². The molecule has 1 amide bonds. The first-order valence-electron chi connectivity index (χ1n) is 7.78. The minimum Gasteiger partial charge on any atom is -0.476 e. The molecule has 0 bridgehead atoms. The average molecular weight is 415 g/mol. The fourth-order valence-electron chi connectivity index (χ4n) is 2.35. The predicted octanol–water partition coefficient (Wildman–Crippen LogP) is 2.20. The molecule has 1 aliphatic rings. The number of hydrogen-bond acceptors (Lipinski definition) is 8. The van der Waals surface area contributed by atoms with Crippen LogP contribution in [0.1, 0.15) is 13.8 Å². The second-order valence-electron chi connectivity index (χ2n) is 5.90. The first-order valence-corrected chi connectivity index (χ1v) is 11.3. The molecule has 0 saturated carbocycles. The fourth-order valence-corrected chi connectivity index (χ4v) is 5.24. The third kappa shape index (κ3) is 4.27. The van der Waals surface area contributed by atoms with E-state index in [1.165, 1.54) is 15.6 Å². The highest BCUT2D eigenvalue weighted by Crippen LogP contribution is 2.35. The van der Waals surface area contributed by atoms with Gasteiger partial charge in [0.05, 0.1) is 18.5 Å². The van der Waals surface area contributed by atoms with Crippen LogP contribution in [0.3, 0.4) is 0 Å². The van der Waals surface area contributed by atoms with E-state index in [1.54, 1.807) is 36.0 Å². The lowest BCUT2D eigenvalue weighted by molar-refractivity contribution is -0.122. The number of thioether (sulfide) groups is 1. The Kier molecular flexibility index (Phi) is 5.39. The molecular formula is C15H18N4O4S3. The highest BCUT2D eigenvalue weighted by molar-refractivity contribution is 8.01. The van der Waals surface area contributed by atoms with Crippen molar-refractivity contribution >= 4 is 49.8 Å². The van der Waals surface area contributed by atoms with Gasteiger partial charge in [0.25, 0.3) is 5.91 Å². The summed E-state index contributed by atoms with van der Waals surface area (Å²) in [5.74, 6) is -0.122. The van der Waals surface area contributed by atoms with Crippen molar-refractivity contribution in [3.05, 3.63) is 24.3 Å². The highest BCUT2D eigenvalue weighted by Gasteiger charge is 2.35. The number of ether oxygens (including phenoxy) is 1. The maximum atomic E-state index is 12.6. The molecule has 1 aliphatic heterocycles. The zero-order chi connectivity index (χ0) is 18.9. The summed E-state index contributed by atoms with van der Waals surface area (Å²) in [4.78, 5) is 12.6. The number of para-hydroxylation sites is 2. The molecule has 2 aromatic rings. The van der Waals surface area contributed by atoms with Crippen LogP contribution in [0.5, 0.6) is 5.75 Å². The van der Waals surface area contributed by atoms with Gasteiger partial charge < -0.3 is 4.74 Å². The molecule has 2 heterocycles. The number of sulfonamides is 1. The Bertz CT molecular complexity index is 913. The maximum absolute atomic E-state index is 12.6. The predicted molar refractivity (Wildman–Crippen MR) is 103 cm³/mol. The lowest BCUT2D eigenvalue weighted by Crippen LogP contribution is -2.48. The van der Waals surface area contributed by atoms with E-state index < -0.39 is 22.0 Å². The SMILES string of the molecule is CC(C)Sc1nnc(NC(=O)[C@@H]2CN(S(C)(=O)=O)c3ccccc3O2)s1. The Balaban J connectivity index is 1.77. The minimum atomic E-state index is -3.54. The first kappa shape index (κ1) is 18.9. The quantitative estimate of drug-likeness (QED) is 0.591. The normalized spacial score (nSPS) is 16.9. The summed E-state index contributed by atoms with van der Waals surface area (Å²) >= 11 is 2.82. The molecule has 0 saturated heterocycles. The number of hydrogen-bond donors (Lipinski definition) is 1. The Hall–Kier alpha value is -1.85. The smallest absolute Gasteiger partial charge is 0.269 e. The maximum Gasteiger partial charge on any atom is 0.269 e. The van der Waals surface area contributed by atoms with E-state index in [0.29, 0.717) is 21.8 Å². The molecule has 0 fully saturated rings. The number of nitrogens with one attached hydrogen (secondary N) is 1. The number of carbonyl (C=O) groups excluding carboxylic acids is 1. The fraction of sp³-hybridized carbons (Fsp3) is 0.400. The Morgan fingerprint density at radius 2 is 2.12 bits per heavy atom. The third-order valence-electron chi connectivity index (χ3n) is 3.40. The lowest BCUT2D eigenvalue weighted by Gasteiger charge is -2.33. The van der Waals surface area contributed by atoms with Crippen LogP contribution in [0.2, 0.25) is 0 Å². The Morgan fingerprint density at radius 1 is 1.38 bits per heavy atom. The number of fused-ring (bicyclic) bond motifs is 1. The number of aromatic nitrogens is 2. The zero-order valence-corrected chi connectivity index (χ0v) is 16.8. The van der Waals surface area contributed by atoms with Crippen LogP contribution >= 0.6 is 23.1 Å². The third-order valence-corrected chi connectivity index (χ3v) is 6.47. The molecule has 0 radical (unpaired) electrons. The van der Waals surface area contributed by atoms with Gasteiger partial charge in [-0.15, -0.1) is 10.2 Å². The number of rotatable bonds is 5. The summed E-state index contributed by atoms with van der Waals surface area (Å²) in [5, 5.41) is 11.3. The number of carbonyl (C=O) groups is 1. The van der Waals surface area contributed by atoms with Crippen molar-refractivity contribution in [3.8, 4) is 5.75 Å². The minimum absolute atomic E-state index is 0.103. The van der Waals surface area contributed by atoms with Gasteiger partial charge in [0.15, 0.2) is 10.4 Å². The molecule has 1 atom stereocenters. The van der Waals surface area contributed by atoms with Crippen LogP contribution in [0.4, 0.5) is 10.8 Å². The van der Waals surface area contributed by atoms with E-state index in [0.717, 1.165) is 10.6 Å². The van der Waals surface area contributed by atoms with Crippen molar-refractivity contribution in [2.24, 2.45) is 0 Å². The monoisotopic (exact) mass is 414 g/mol. The summed E-state index contributed by atoms with van der Waals surface area (Å²) in [6.07, 6.45) is 0.120. The highest BCUT2D eigenvalue weighted by atomic mass is 32.2. The van der Waals surface area contributed by atoms with E-state index in [1.807, 2.05) is 13.8 Å². The van der Waals surface area contributed by atoms with E-state index in [-0.39, 0.29) is 6.54 Å². The van der Waals surface area contributed by atoms with Gasteiger partial charge >= 0.3 is 0 Å². The van der Waals surface area contributed by atoms with Crippen LogP contribution in [0.15, 0.2) is 28.6 Å². The molecule has 0 spiro atoms. The Labute approximate surface area is 160 Å². The van der Waals surface area contributed by atoms with E-state index in [2.05, 4.69) is 15.5 Å². The summed E-state index contributed by atoms with van der Waals surface area (Å²) in [6.45, 7) is 3.98. The van der Waals surface area contributed by atoms with Crippen LogP contribution in [-0.4, -0.2) is 48.7 Å². The summed E-state index contributed by atoms with van der Waals surface area (Å²) in [7, 11) is -3.54. The van der Waals surface area contributed by atoms with Gasteiger partial charge in [-0.3, -0.25) is 14.4 Å². The molecule has 0 aliphatic carbocycles. The number of anilines is 2. The van der Waals surface area contributed by atoms with Gasteiger partial charge in [0, 0.05) is 5.25 Å². The molecule has 1 aromatic carbocycles. The van der Waals surface area contributed by atoms with Crippen molar-refractivity contribution in [2.75, 3.05) is 22.4 Å². The van der Waals surface area contributed by atoms with Crippen LogP contribution < -0.4 is 14.4 Å². The number of amides is 1. The topological polar surface area (TPSA) is 101 Å². The summed E-state index contributed by atoms with van der Waals surface area (Å²) < 4.78 is 31.8. The molecule has 0 unspecified atom stereocenters. The molecule has 8 nitrogen and oxygen atoms in total. The van der Waals surface area contributed by atoms with Gasteiger partial charge in [0.1, 0.15) is 5.75 Å². The van der Waals surface area contributed by atoms with Gasteiger partial charge in [-0.25, -0.2) is 8.42 Å². The molecule has 3 rings (SSSR count).